The lowest BCUT2D eigenvalue weighted by Crippen LogP contribution is -2.27. The molecule has 1 atom stereocenters. The third-order valence-electron chi connectivity index (χ3n) is 4.84. The molecule has 1 aliphatic rings. The van der Waals surface area contributed by atoms with Crippen LogP contribution in [0.15, 0.2) is 47.3 Å². The van der Waals surface area contributed by atoms with Gasteiger partial charge in [0.1, 0.15) is 18.0 Å². The zero-order chi connectivity index (χ0) is 19.8. The summed E-state index contributed by atoms with van der Waals surface area (Å²) < 4.78 is 18.8. The van der Waals surface area contributed by atoms with E-state index < -0.39 is 0 Å². The summed E-state index contributed by atoms with van der Waals surface area (Å²) in [6.45, 7) is 0. The number of carbonyl (C=O) groups is 1. The highest BCUT2D eigenvalue weighted by molar-refractivity contribution is 7.15. The van der Waals surface area contributed by atoms with Gasteiger partial charge in [0, 0.05) is 22.7 Å². The average Bonchev–Trinajstić information content (AvgIpc) is 3.37. The number of anilines is 2. The van der Waals surface area contributed by atoms with Crippen molar-refractivity contribution >= 4 is 39.1 Å². The van der Waals surface area contributed by atoms with Crippen molar-refractivity contribution in [1.82, 2.24) is 15.0 Å². The summed E-state index contributed by atoms with van der Waals surface area (Å²) >= 11 is 1.46. The van der Waals surface area contributed by atoms with Gasteiger partial charge in [0.05, 0.1) is 17.5 Å². The molecule has 7 nitrogen and oxygen atoms in total. The van der Waals surface area contributed by atoms with Gasteiger partial charge >= 0.3 is 0 Å². The standard InChI is InChI=1S/C20H16FN5O2S/c21-11-3-5-14-13(8-11)18(23-10-22-14)24-12-4-6-15-17(9-12)29-20(25-15)26-19(27)16-2-1-7-28-16/h1-3,5,7-8,10,12H,4,6,9H2,(H,22,23,24)(H,25,26,27). The van der Waals surface area contributed by atoms with Crippen molar-refractivity contribution in [1.29, 1.82) is 0 Å². The minimum Gasteiger partial charge on any atom is -0.459 e. The summed E-state index contributed by atoms with van der Waals surface area (Å²) in [5.74, 6) is 0.241. The molecule has 2 N–H and O–H groups in total. The summed E-state index contributed by atoms with van der Waals surface area (Å²) in [6, 6.07) is 7.90. The van der Waals surface area contributed by atoms with Gasteiger partial charge in [-0.05, 0) is 43.2 Å². The van der Waals surface area contributed by atoms with Gasteiger partial charge in [-0.3, -0.25) is 10.1 Å². The summed E-state index contributed by atoms with van der Waals surface area (Å²) in [7, 11) is 0. The molecule has 29 heavy (non-hydrogen) atoms. The third kappa shape index (κ3) is 3.56. The maximum atomic E-state index is 13.7. The number of rotatable bonds is 4. The molecule has 4 aromatic rings. The van der Waals surface area contributed by atoms with E-state index >= 15 is 0 Å². The second-order valence-electron chi connectivity index (χ2n) is 6.79. The smallest absolute Gasteiger partial charge is 0.293 e. The third-order valence-corrected chi connectivity index (χ3v) is 5.88. The molecule has 146 valence electrons. The molecule has 1 aliphatic carbocycles. The Morgan fingerprint density at radius 3 is 3.07 bits per heavy atom. The molecule has 3 heterocycles. The van der Waals surface area contributed by atoms with E-state index in [0.717, 1.165) is 29.8 Å². The quantitative estimate of drug-likeness (QED) is 0.528. The summed E-state index contributed by atoms with van der Waals surface area (Å²) in [5.41, 5.74) is 1.70. The Bertz CT molecular complexity index is 1190. The molecule has 1 amide bonds. The van der Waals surface area contributed by atoms with Crippen LogP contribution in [0.1, 0.15) is 27.5 Å². The van der Waals surface area contributed by atoms with Crippen molar-refractivity contribution in [2.24, 2.45) is 0 Å². The molecule has 0 saturated heterocycles. The van der Waals surface area contributed by atoms with Crippen molar-refractivity contribution in [2.75, 3.05) is 10.6 Å². The van der Waals surface area contributed by atoms with E-state index in [-0.39, 0.29) is 23.5 Å². The molecule has 3 aromatic heterocycles. The first-order valence-electron chi connectivity index (χ1n) is 9.16. The lowest BCUT2D eigenvalue weighted by Gasteiger charge is -2.23. The molecule has 1 aromatic carbocycles. The minimum absolute atomic E-state index is 0.137. The van der Waals surface area contributed by atoms with Gasteiger partial charge in [0.2, 0.25) is 0 Å². The number of hydrogen-bond acceptors (Lipinski definition) is 7. The van der Waals surface area contributed by atoms with Gasteiger partial charge in [-0.15, -0.1) is 11.3 Å². The SMILES string of the molecule is O=C(Nc1nc2c(s1)CC(Nc1ncnc3ccc(F)cc13)CC2)c1ccco1. The number of furan rings is 1. The Kier molecular flexibility index (Phi) is 4.44. The van der Waals surface area contributed by atoms with Gasteiger partial charge in [-0.2, -0.15) is 0 Å². The fourth-order valence-electron chi connectivity index (χ4n) is 3.46. The Morgan fingerprint density at radius 1 is 1.28 bits per heavy atom. The Hall–Kier alpha value is -3.33. The number of aromatic nitrogens is 3. The Labute approximate surface area is 169 Å². The maximum Gasteiger partial charge on any atom is 0.293 e. The molecule has 1 unspecified atom stereocenters. The van der Waals surface area contributed by atoms with E-state index in [2.05, 4.69) is 25.6 Å². The number of carbonyl (C=O) groups excluding carboxylic acids is 1. The highest BCUT2D eigenvalue weighted by atomic mass is 32.1. The predicted octanol–water partition coefficient (Wildman–Crippen LogP) is 4.04. The van der Waals surface area contributed by atoms with Crippen LogP contribution in [0.2, 0.25) is 0 Å². The van der Waals surface area contributed by atoms with Gasteiger partial charge in [0.15, 0.2) is 10.9 Å². The normalized spacial score (nSPS) is 15.8. The lowest BCUT2D eigenvalue weighted by molar-refractivity contribution is 0.0996. The predicted molar refractivity (Wildman–Crippen MR) is 108 cm³/mol. The molecule has 0 saturated carbocycles. The molecular weight excluding hydrogens is 393 g/mol. The topological polar surface area (TPSA) is 92.9 Å². The van der Waals surface area contributed by atoms with Gasteiger partial charge in [-0.25, -0.2) is 19.3 Å². The number of nitrogens with one attached hydrogen (secondary N) is 2. The van der Waals surface area contributed by atoms with Crippen molar-refractivity contribution < 1.29 is 13.6 Å². The first-order valence-corrected chi connectivity index (χ1v) is 9.97. The van der Waals surface area contributed by atoms with Gasteiger partial charge in [-0.1, -0.05) is 0 Å². The number of amides is 1. The van der Waals surface area contributed by atoms with Crippen LogP contribution in [0.3, 0.4) is 0 Å². The number of halogens is 1. The summed E-state index contributed by atoms with van der Waals surface area (Å²) in [6.07, 6.45) is 5.34. The van der Waals surface area contributed by atoms with E-state index in [1.807, 2.05) is 0 Å². The monoisotopic (exact) mass is 409 g/mol. The number of nitrogens with zero attached hydrogens (tertiary/aromatic N) is 3. The van der Waals surface area contributed by atoms with Gasteiger partial charge < -0.3 is 9.73 Å². The Morgan fingerprint density at radius 2 is 2.21 bits per heavy atom. The Balaban J connectivity index is 1.32. The van der Waals surface area contributed by atoms with Crippen LogP contribution < -0.4 is 10.6 Å². The van der Waals surface area contributed by atoms with Crippen LogP contribution in [0.5, 0.6) is 0 Å². The molecular formula is C20H16FN5O2S. The van der Waals surface area contributed by atoms with E-state index in [4.69, 9.17) is 4.42 Å². The number of hydrogen-bond donors (Lipinski definition) is 2. The summed E-state index contributed by atoms with van der Waals surface area (Å²) in [4.78, 5) is 26.3. The molecule has 0 spiro atoms. The van der Waals surface area contributed by atoms with E-state index in [1.165, 1.54) is 36.1 Å². The van der Waals surface area contributed by atoms with E-state index in [1.54, 1.807) is 18.2 Å². The zero-order valence-electron chi connectivity index (χ0n) is 15.2. The first kappa shape index (κ1) is 17.7. The second kappa shape index (κ2) is 7.25. The molecule has 9 heteroatoms. The average molecular weight is 409 g/mol. The largest absolute Gasteiger partial charge is 0.459 e. The molecule has 0 fully saturated rings. The molecule has 0 aliphatic heterocycles. The van der Waals surface area contributed by atoms with Crippen molar-refractivity contribution in [3.63, 3.8) is 0 Å². The first-order chi connectivity index (χ1) is 14.2. The van der Waals surface area contributed by atoms with Crippen molar-refractivity contribution in [3.8, 4) is 0 Å². The van der Waals surface area contributed by atoms with E-state index in [0.29, 0.717) is 21.9 Å². The summed E-state index contributed by atoms with van der Waals surface area (Å²) in [5, 5.41) is 7.43. The molecule has 5 rings (SSSR count). The minimum atomic E-state index is -0.319. The fourth-order valence-corrected chi connectivity index (χ4v) is 4.54. The van der Waals surface area contributed by atoms with Crippen LogP contribution in [0, 0.1) is 5.82 Å². The van der Waals surface area contributed by atoms with Crippen LogP contribution >= 0.6 is 11.3 Å². The number of benzene rings is 1. The van der Waals surface area contributed by atoms with Crippen LogP contribution in [-0.2, 0) is 12.8 Å². The lowest BCUT2D eigenvalue weighted by atomic mass is 9.97. The number of aryl methyl sites for hydroxylation is 1. The van der Waals surface area contributed by atoms with E-state index in [9.17, 15) is 9.18 Å². The fraction of sp³-hybridized carbons (Fsp3) is 0.200. The highest BCUT2D eigenvalue weighted by Gasteiger charge is 2.24. The van der Waals surface area contributed by atoms with Crippen molar-refractivity contribution in [3.05, 3.63) is 65.1 Å². The maximum absolute atomic E-state index is 13.7. The highest BCUT2D eigenvalue weighted by Crippen LogP contribution is 2.32. The van der Waals surface area contributed by atoms with Crippen LogP contribution in [0.4, 0.5) is 15.3 Å². The second-order valence-corrected chi connectivity index (χ2v) is 7.87. The number of fused-ring (bicyclic) bond motifs is 2. The van der Waals surface area contributed by atoms with Crippen LogP contribution in [0.25, 0.3) is 10.9 Å². The number of thiazole rings is 1. The van der Waals surface area contributed by atoms with Crippen molar-refractivity contribution in [2.45, 2.75) is 25.3 Å². The zero-order valence-corrected chi connectivity index (χ0v) is 16.0. The van der Waals surface area contributed by atoms with Crippen LogP contribution in [-0.4, -0.2) is 26.9 Å². The molecule has 0 bridgehead atoms. The van der Waals surface area contributed by atoms with Gasteiger partial charge in [0.25, 0.3) is 5.91 Å². The molecule has 0 radical (unpaired) electrons.